The van der Waals surface area contributed by atoms with Gasteiger partial charge in [0.2, 0.25) is 5.91 Å². The zero-order valence-electron chi connectivity index (χ0n) is 11.2. The zero-order chi connectivity index (χ0) is 14.5. The SMILES string of the molecule is CC[C@H](Sc1ccccc1Br)C(=O)Nc1cc(C)on1. The van der Waals surface area contributed by atoms with Gasteiger partial charge in [-0.3, -0.25) is 4.79 Å². The number of nitrogens with zero attached hydrogens (tertiary/aromatic N) is 1. The van der Waals surface area contributed by atoms with Crippen molar-refractivity contribution in [1.82, 2.24) is 5.16 Å². The molecule has 1 aromatic heterocycles. The van der Waals surface area contributed by atoms with Crippen LogP contribution in [-0.4, -0.2) is 16.3 Å². The van der Waals surface area contributed by atoms with Gasteiger partial charge in [0.15, 0.2) is 5.82 Å². The van der Waals surface area contributed by atoms with Crippen LogP contribution < -0.4 is 5.32 Å². The van der Waals surface area contributed by atoms with Gasteiger partial charge >= 0.3 is 0 Å². The average molecular weight is 355 g/mol. The summed E-state index contributed by atoms with van der Waals surface area (Å²) in [7, 11) is 0. The molecule has 1 atom stereocenters. The van der Waals surface area contributed by atoms with Crippen molar-refractivity contribution in [1.29, 1.82) is 0 Å². The van der Waals surface area contributed by atoms with Crippen LogP contribution in [0, 0.1) is 6.92 Å². The molecule has 2 aromatic rings. The third kappa shape index (κ3) is 3.86. The van der Waals surface area contributed by atoms with Gasteiger partial charge < -0.3 is 9.84 Å². The number of anilines is 1. The lowest BCUT2D eigenvalue weighted by molar-refractivity contribution is -0.115. The van der Waals surface area contributed by atoms with Crippen LogP contribution in [0.1, 0.15) is 19.1 Å². The highest BCUT2D eigenvalue weighted by Gasteiger charge is 2.20. The van der Waals surface area contributed by atoms with Gasteiger partial charge in [-0.25, -0.2) is 0 Å². The number of benzene rings is 1. The largest absolute Gasteiger partial charge is 0.360 e. The highest BCUT2D eigenvalue weighted by molar-refractivity contribution is 9.10. The standard InChI is InChI=1S/C14H15BrN2O2S/c1-3-11(20-12-7-5-4-6-10(12)15)14(18)16-13-8-9(2)19-17-13/h4-8,11H,3H2,1-2H3,(H,16,17,18)/t11-/m0/s1. The Morgan fingerprint density at radius 1 is 1.50 bits per heavy atom. The number of carbonyl (C=O) groups is 1. The van der Waals surface area contributed by atoms with Crippen LogP contribution in [0.2, 0.25) is 0 Å². The molecule has 0 aliphatic rings. The van der Waals surface area contributed by atoms with Crippen molar-refractivity contribution in [2.75, 3.05) is 5.32 Å². The summed E-state index contributed by atoms with van der Waals surface area (Å²) < 4.78 is 5.93. The third-order valence-corrected chi connectivity index (χ3v) is 5.04. The Kier molecular flexibility index (Phi) is 5.25. The van der Waals surface area contributed by atoms with Crippen LogP contribution >= 0.6 is 27.7 Å². The van der Waals surface area contributed by atoms with E-state index in [2.05, 4.69) is 26.4 Å². The van der Waals surface area contributed by atoms with Crippen LogP contribution in [0.15, 0.2) is 44.2 Å². The summed E-state index contributed by atoms with van der Waals surface area (Å²) in [5, 5.41) is 6.37. The first-order valence-corrected chi connectivity index (χ1v) is 7.92. The fraction of sp³-hybridized carbons (Fsp3) is 0.286. The van der Waals surface area contributed by atoms with Crippen LogP contribution in [0.5, 0.6) is 0 Å². The molecule has 1 N–H and O–H groups in total. The summed E-state index contributed by atoms with van der Waals surface area (Å²) in [6, 6.07) is 9.57. The minimum Gasteiger partial charge on any atom is -0.360 e. The molecule has 1 amide bonds. The molecule has 0 fully saturated rings. The lowest BCUT2D eigenvalue weighted by atomic mass is 10.3. The van der Waals surface area contributed by atoms with Crippen molar-refractivity contribution in [2.45, 2.75) is 30.4 Å². The minimum absolute atomic E-state index is 0.0680. The maximum absolute atomic E-state index is 12.2. The van der Waals surface area contributed by atoms with E-state index in [1.165, 1.54) is 11.8 Å². The molecule has 0 unspecified atom stereocenters. The van der Waals surface area contributed by atoms with Gasteiger partial charge in [-0.1, -0.05) is 24.2 Å². The maximum Gasteiger partial charge on any atom is 0.239 e. The number of rotatable bonds is 5. The van der Waals surface area contributed by atoms with Crippen molar-refractivity contribution in [3.63, 3.8) is 0 Å². The Bertz CT molecular complexity index is 600. The summed E-state index contributed by atoms with van der Waals surface area (Å²) in [5.41, 5.74) is 0. The van der Waals surface area contributed by atoms with E-state index < -0.39 is 0 Å². The van der Waals surface area contributed by atoms with E-state index in [0.717, 1.165) is 15.8 Å². The lowest BCUT2D eigenvalue weighted by Crippen LogP contribution is -2.24. The monoisotopic (exact) mass is 354 g/mol. The van der Waals surface area contributed by atoms with Crippen molar-refractivity contribution in [2.24, 2.45) is 0 Å². The van der Waals surface area contributed by atoms with E-state index in [0.29, 0.717) is 11.6 Å². The lowest BCUT2D eigenvalue weighted by Gasteiger charge is -2.14. The predicted octanol–water partition coefficient (Wildman–Crippen LogP) is 4.25. The predicted molar refractivity (Wildman–Crippen MR) is 83.9 cm³/mol. The molecule has 106 valence electrons. The van der Waals surface area contributed by atoms with E-state index in [9.17, 15) is 4.79 Å². The van der Waals surface area contributed by atoms with Gasteiger partial charge in [0.05, 0.1) is 5.25 Å². The van der Waals surface area contributed by atoms with E-state index in [1.54, 1.807) is 13.0 Å². The first kappa shape index (κ1) is 15.1. The first-order valence-electron chi connectivity index (χ1n) is 6.25. The second kappa shape index (κ2) is 6.95. The molecule has 0 saturated carbocycles. The number of amides is 1. The van der Waals surface area contributed by atoms with Gasteiger partial charge in [-0.2, -0.15) is 0 Å². The van der Waals surface area contributed by atoms with Crippen molar-refractivity contribution < 1.29 is 9.32 Å². The highest BCUT2D eigenvalue weighted by Crippen LogP contribution is 2.32. The molecule has 0 spiro atoms. The molecule has 20 heavy (non-hydrogen) atoms. The molecule has 0 bridgehead atoms. The second-order valence-electron chi connectivity index (χ2n) is 4.26. The molecule has 0 aliphatic carbocycles. The zero-order valence-corrected chi connectivity index (χ0v) is 13.6. The Morgan fingerprint density at radius 2 is 2.25 bits per heavy atom. The number of nitrogens with one attached hydrogen (secondary N) is 1. The Hall–Kier alpha value is -1.27. The second-order valence-corrected chi connectivity index (χ2v) is 6.36. The van der Waals surface area contributed by atoms with E-state index >= 15 is 0 Å². The molecule has 4 nitrogen and oxygen atoms in total. The molecule has 0 aliphatic heterocycles. The van der Waals surface area contributed by atoms with Gasteiger partial charge in [0, 0.05) is 15.4 Å². The van der Waals surface area contributed by atoms with Crippen molar-refractivity contribution >= 4 is 39.4 Å². The normalized spacial score (nSPS) is 12.2. The van der Waals surface area contributed by atoms with Crippen molar-refractivity contribution in [3.05, 3.63) is 40.6 Å². The Morgan fingerprint density at radius 3 is 2.85 bits per heavy atom. The molecule has 0 radical (unpaired) electrons. The Labute approximate surface area is 130 Å². The number of carbonyl (C=O) groups excluding carboxylic acids is 1. The molecule has 0 saturated heterocycles. The van der Waals surface area contributed by atoms with Crippen LogP contribution in [-0.2, 0) is 4.79 Å². The fourth-order valence-electron chi connectivity index (χ4n) is 1.65. The number of thioether (sulfide) groups is 1. The Balaban J connectivity index is 2.04. The summed E-state index contributed by atoms with van der Waals surface area (Å²) in [5.74, 6) is 1.06. The number of hydrogen-bond acceptors (Lipinski definition) is 4. The number of hydrogen-bond donors (Lipinski definition) is 1. The van der Waals surface area contributed by atoms with Crippen molar-refractivity contribution in [3.8, 4) is 0 Å². The quantitative estimate of drug-likeness (QED) is 0.815. The molecule has 1 aromatic carbocycles. The third-order valence-electron chi connectivity index (χ3n) is 2.65. The topological polar surface area (TPSA) is 55.1 Å². The van der Waals surface area contributed by atoms with Gasteiger partial charge in [-0.05, 0) is 41.4 Å². The van der Waals surface area contributed by atoms with Gasteiger partial charge in [0.1, 0.15) is 5.76 Å². The molecular formula is C14H15BrN2O2S. The summed E-state index contributed by atoms with van der Waals surface area (Å²) in [4.78, 5) is 13.3. The van der Waals surface area contributed by atoms with Gasteiger partial charge in [0.25, 0.3) is 0 Å². The molecule has 6 heteroatoms. The first-order chi connectivity index (χ1) is 9.60. The van der Waals surface area contributed by atoms with Crippen LogP contribution in [0.3, 0.4) is 0 Å². The molecular weight excluding hydrogens is 340 g/mol. The molecule has 1 heterocycles. The van der Waals surface area contributed by atoms with E-state index in [1.807, 2.05) is 31.2 Å². The maximum atomic E-state index is 12.2. The number of halogens is 1. The van der Waals surface area contributed by atoms with E-state index in [4.69, 9.17) is 4.52 Å². The van der Waals surface area contributed by atoms with E-state index in [-0.39, 0.29) is 11.2 Å². The summed E-state index contributed by atoms with van der Waals surface area (Å²) in [6.45, 7) is 3.78. The molecule has 2 rings (SSSR count). The average Bonchev–Trinajstić information content (AvgIpc) is 2.83. The van der Waals surface area contributed by atoms with Crippen LogP contribution in [0.25, 0.3) is 0 Å². The summed E-state index contributed by atoms with van der Waals surface area (Å²) >= 11 is 5.03. The number of aromatic nitrogens is 1. The number of aryl methyl sites for hydroxylation is 1. The minimum atomic E-state index is -0.175. The van der Waals surface area contributed by atoms with Crippen LogP contribution in [0.4, 0.5) is 5.82 Å². The fourth-order valence-corrected chi connectivity index (χ4v) is 3.19. The smallest absolute Gasteiger partial charge is 0.239 e. The summed E-state index contributed by atoms with van der Waals surface area (Å²) in [6.07, 6.45) is 0.731. The van der Waals surface area contributed by atoms with Gasteiger partial charge in [-0.15, -0.1) is 11.8 Å². The highest BCUT2D eigenvalue weighted by atomic mass is 79.9.